The van der Waals surface area contributed by atoms with E-state index in [0.717, 1.165) is 12.1 Å². The number of carbonyl (C=O) groups is 2. The zero-order valence-electron chi connectivity index (χ0n) is 14.1. The molecule has 9 heteroatoms. The third-order valence-corrected chi connectivity index (χ3v) is 3.75. The SMILES string of the molecule is CC1Oc2ccccc2N(CC(=O)Nc2ccc(OC(F)(F)F)cc2)C1=O. The average Bonchev–Trinajstić information content (AvgIpc) is 2.59. The van der Waals surface area contributed by atoms with E-state index in [4.69, 9.17) is 4.74 Å². The minimum Gasteiger partial charge on any atom is -0.479 e. The minimum atomic E-state index is -4.79. The Morgan fingerprint density at radius 2 is 1.85 bits per heavy atom. The van der Waals surface area contributed by atoms with Crippen molar-refractivity contribution in [3.8, 4) is 11.5 Å². The summed E-state index contributed by atoms with van der Waals surface area (Å²) in [6.45, 7) is 1.33. The van der Waals surface area contributed by atoms with Crippen LogP contribution >= 0.6 is 0 Å². The molecule has 0 radical (unpaired) electrons. The van der Waals surface area contributed by atoms with Crippen molar-refractivity contribution in [1.29, 1.82) is 0 Å². The summed E-state index contributed by atoms with van der Waals surface area (Å²) in [7, 11) is 0. The first-order valence-corrected chi connectivity index (χ1v) is 7.96. The van der Waals surface area contributed by atoms with E-state index in [-0.39, 0.29) is 18.1 Å². The molecule has 1 aliphatic heterocycles. The van der Waals surface area contributed by atoms with Gasteiger partial charge in [-0.05, 0) is 43.3 Å². The molecule has 1 atom stereocenters. The smallest absolute Gasteiger partial charge is 0.479 e. The van der Waals surface area contributed by atoms with Crippen LogP contribution in [0.5, 0.6) is 11.5 Å². The molecule has 0 fully saturated rings. The number of amides is 2. The van der Waals surface area contributed by atoms with Crippen LogP contribution < -0.4 is 19.7 Å². The predicted octanol–water partition coefficient (Wildman–Crippen LogP) is 3.34. The summed E-state index contributed by atoms with van der Waals surface area (Å²) in [4.78, 5) is 26.0. The Bertz CT molecular complexity index is 852. The van der Waals surface area contributed by atoms with Gasteiger partial charge in [0.15, 0.2) is 6.10 Å². The first-order chi connectivity index (χ1) is 12.7. The van der Waals surface area contributed by atoms with Gasteiger partial charge in [0.2, 0.25) is 5.91 Å². The second-order valence-corrected chi connectivity index (χ2v) is 5.77. The average molecular weight is 380 g/mol. The Balaban J connectivity index is 1.68. The van der Waals surface area contributed by atoms with Gasteiger partial charge in [0.05, 0.1) is 5.69 Å². The lowest BCUT2D eigenvalue weighted by Gasteiger charge is -2.32. The second-order valence-electron chi connectivity index (χ2n) is 5.77. The summed E-state index contributed by atoms with van der Waals surface area (Å²) in [5.41, 5.74) is 0.751. The van der Waals surface area contributed by atoms with Gasteiger partial charge in [-0.15, -0.1) is 13.2 Å². The summed E-state index contributed by atoms with van der Waals surface area (Å²) in [5.74, 6) is -0.771. The number of benzene rings is 2. The highest BCUT2D eigenvalue weighted by Crippen LogP contribution is 2.33. The topological polar surface area (TPSA) is 67.9 Å². The lowest BCUT2D eigenvalue weighted by Crippen LogP contribution is -2.47. The van der Waals surface area contributed by atoms with Crippen LogP contribution in [0.25, 0.3) is 0 Å². The summed E-state index contributed by atoms with van der Waals surface area (Å²) in [5, 5.41) is 2.54. The van der Waals surface area contributed by atoms with Crippen molar-refractivity contribution in [2.24, 2.45) is 0 Å². The van der Waals surface area contributed by atoms with Crippen LogP contribution in [-0.4, -0.2) is 30.8 Å². The number of rotatable bonds is 4. The highest BCUT2D eigenvalue weighted by Gasteiger charge is 2.33. The number of ether oxygens (including phenoxy) is 2. The van der Waals surface area contributed by atoms with E-state index in [2.05, 4.69) is 10.1 Å². The number of halogens is 3. The van der Waals surface area contributed by atoms with E-state index in [1.165, 1.54) is 17.0 Å². The van der Waals surface area contributed by atoms with Crippen molar-refractivity contribution in [2.75, 3.05) is 16.8 Å². The molecule has 142 valence electrons. The number of nitrogens with zero attached hydrogens (tertiary/aromatic N) is 1. The molecule has 2 aromatic rings. The van der Waals surface area contributed by atoms with Crippen LogP contribution in [0, 0.1) is 0 Å². The largest absolute Gasteiger partial charge is 0.573 e. The fourth-order valence-electron chi connectivity index (χ4n) is 2.61. The van der Waals surface area contributed by atoms with E-state index < -0.39 is 24.1 Å². The Labute approximate surface area is 152 Å². The number of nitrogens with one attached hydrogen (secondary N) is 1. The van der Waals surface area contributed by atoms with Gasteiger partial charge in [0.1, 0.15) is 18.0 Å². The zero-order chi connectivity index (χ0) is 19.6. The maximum absolute atomic E-state index is 12.4. The van der Waals surface area contributed by atoms with Crippen LogP contribution in [0.4, 0.5) is 24.5 Å². The maximum atomic E-state index is 12.4. The Kier molecular flexibility index (Phi) is 4.93. The molecular weight excluding hydrogens is 365 g/mol. The molecule has 1 unspecified atom stereocenters. The molecule has 2 amide bonds. The molecule has 0 saturated carbocycles. The fraction of sp³-hybridized carbons (Fsp3) is 0.222. The van der Waals surface area contributed by atoms with Crippen LogP contribution in [0.1, 0.15) is 6.92 Å². The fourth-order valence-corrected chi connectivity index (χ4v) is 2.61. The molecule has 0 bridgehead atoms. The molecule has 0 aliphatic carbocycles. The lowest BCUT2D eigenvalue weighted by molar-refractivity contribution is -0.274. The molecule has 0 spiro atoms. The van der Waals surface area contributed by atoms with E-state index >= 15 is 0 Å². The number of hydrogen-bond acceptors (Lipinski definition) is 4. The predicted molar refractivity (Wildman–Crippen MR) is 90.6 cm³/mol. The molecular formula is C18H15F3N2O4. The number of hydrogen-bond donors (Lipinski definition) is 1. The molecule has 3 rings (SSSR count). The van der Waals surface area contributed by atoms with Gasteiger partial charge < -0.3 is 14.8 Å². The third kappa shape index (κ3) is 4.49. The lowest BCUT2D eigenvalue weighted by atomic mass is 10.2. The van der Waals surface area contributed by atoms with Crippen molar-refractivity contribution in [2.45, 2.75) is 19.4 Å². The van der Waals surface area contributed by atoms with Gasteiger partial charge in [-0.2, -0.15) is 0 Å². The van der Waals surface area contributed by atoms with Crippen LogP contribution in [-0.2, 0) is 9.59 Å². The van der Waals surface area contributed by atoms with Crippen molar-refractivity contribution >= 4 is 23.2 Å². The van der Waals surface area contributed by atoms with E-state index in [1.54, 1.807) is 31.2 Å². The Morgan fingerprint density at radius 3 is 2.52 bits per heavy atom. The molecule has 0 aromatic heterocycles. The second kappa shape index (κ2) is 7.18. The first-order valence-electron chi connectivity index (χ1n) is 7.96. The number of fused-ring (bicyclic) bond motifs is 1. The molecule has 6 nitrogen and oxygen atoms in total. The van der Waals surface area contributed by atoms with Crippen molar-refractivity contribution < 1.29 is 32.2 Å². The highest BCUT2D eigenvalue weighted by atomic mass is 19.4. The molecule has 1 heterocycles. The number of alkyl halides is 3. The van der Waals surface area contributed by atoms with E-state index in [0.29, 0.717) is 11.4 Å². The number of para-hydroxylation sites is 2. The number of anilines is 2. The van der Waals surface area contributed by atoms with Crippen LogP contribution in [0.2, 0.25) is 0 Å². The van der Waals surface area contributed by atoms with Gasteiger partial charge in [0, 0.05) is 5.69 Å². The molecule has 2 aromatic carbocycles. The van der Waals surface area contributed by atoms with Gasteiger partial charge in [-0.25, -0.2) is 0 Å². The van der Waals surface area contributed by atoms with Gasteiger partial charge in [0.25, 0.3) is 5.91 Å². The summed E-state index contributed by atoms with van der Waals surface area (Å²) in [6.07, 6.45) is -5.52. The van der Waals surface area contributed by atoms with E-state index in [9.17, 15) is 22.8 Å². The minimum absolute atomic E-state index is 0.260. The van der Waals surface area contributed by atoms with Crippen molar-refractivity contribution in [3.63, 3.8) is 0 Å². The first kappa shape index (κ1) is 18.6. The summed E-state index contributed by atoms with van der Waals surface area (Å²) in [6, 6.07) is 11.5. The highest BCUT2D eigenvalue weighted by molar-refractivity contribution is 6.06. The summed E-state index contributed by atoms with van der Waals surface area (Å²) < 4.78 is 45.8. The third-order valence-electron chi connectivity index (χ3n) is 3.75. The number of carbonyl (C=O) groups excluding carboxylic acids is 2. The molecule has 0 saturated heterocycles. The van der Waals surface area contributed by atoms with E-state index in [1.807, 2.05) is 0 Å². The van der Waals surface area contributed by atoms with Crippen molar-refractivity contribution in [1.82, 2.24) is 0 Å². The quantitative estimate of drug-likeness (QED) is 0.884. The Morgan fingerprint density at radius 1 is 1.19 bits per heavy atom. The molecule has 1 aliphatic rings. The van der Waals surface area contributed by atoms with Crippen molar-refractivity contribution in [3.05, 3.63) is 48.5 Å². The van der Waals surface area contributed by atoms with Crippen LogP contribution in [0.15, 0.2) is 48.5 Å². The standard InChI is InChI=1S/C18H15F3N2O4/c1-11-17(25)23(14-4-2-3-5-15(14)26-11)10-16(24)22-12-6-8-13(9-7-12)27-18(19,20)21/h2-9,11H,10H2,1H3,(H,22,24). The maximum Gasteiger partial charge on any atom is 0.573 e. The van der Waals surface area contributed by atoms with Gasteiger partial charge in [-0.1, -0.05) is 12.1 Å². The molecule has 27 heavy (non-hydrogen) atoms. The summed E-state index contributed by atoms with van der Waals surface area (Å²) >= 11 is 0. The Hall–Kier alpha value is -3.23. The molecule has 1 N–H and O–H groups in total. The normalized spacial score (nSPS) is 16.4. The van der Waals surface area contributed by atoms with Crippen LogP contribution in [0.3, 0.4) is 0 Å². The zero-order valence-corrected chi connectivity index (χ0v) is 14.1. The van der Waals surface area contributed by atoms with Gasteiger partial charge in [-0.3, -0.25) is 14.5 Å². The monoisotopic (exact) mass is 380 g/mol. The van der Waals surface area contributed by atoms with Gasteiger partial charge >= 0.3 is 6.36 Å².